The van der Waals surface area contributed by atoms with Gasteiger partial charge in [-0.1, -0.05) is 0 Å². The molecule has 1 amide bonds. The third-order valence-electron chi connectivity index (χ3n) is 3.18. The number of carbonyl (C=O) groups is 1. The molecule has 0 saturated carbocycles. The predicted molar refractivity (Wildman–Crippen MR) is 70.5 cm³/mol. The fraction of sp³-hybridized carbons (Fsp3) is 0.583. The Bertz CT molecular complexity index is 427. The molecule has 1 aromatic heterocycles. The number of nitrogens with one attached hydrogen (secondary N) is 1. The van der Waals surface area contributed by atoms with Crippen LogP contribution in [0.1, 0.15) is 23.3 Å². The van der Waals surface area contributed by atoms with Crippen molar-refractivity contribution in [1.29, 1.82) is 0 Å². The first-order valence-corrected chi connectivity index (χ1v) is 6.69. The Kier molecular flexibility index (Phi) is 4.09. The Hall–Kier alpha value is -0.850. The number of likely N-dealkylation sites (N-methyl/N-ethyl adjacent to an activating group) is 1. The van der Waals surface area contributed by atoms with Gasteiger partial charge in [0, 0.05) is 50.3 Å². The van der Waals surface area contributed by atoms with Crippen LogP contribution in [-0.2, 0) is 4.74 Å². The van der Waals surface area contributed by atoms with Gasteiger partial charge >= 0.3 is 0 Å². The number of amides is 1. The number of ether oxygens (including phenoxy) is 1. The van der Waals surface area contributed by atoms with Crippen molar-refractivity contribution in [2.45, 2.75) is 18.4 Å². The van der Waals surface area contributed by atoms with Crippen LogP contribution in [0, 0.1) is 0 Å². The molecule has 0 bridgehead atoms. The van der Waals surface area contributed by atoms with Crippen LogP contribution in [0.2, 0.25) is 0 Å². The number of hydrogen-bond acceptors (Lipinski definition) is 3. The number of aliphatic hydroxyl groups is 1. The van der Waals surface area contributed by atoms with Gasteiger partial charge in [-0.3, -0.25) is 4.79 Å². The van der Waals surface area contributed by atoms with E-state index in [-0.39, 0.29) is 5.91 Å². The number of aromatic nitrogens is 1. The number of rotatable bonds is 3. The van der Waals surface area contributed by atoms with E-state index in [0.29, 0.717) is 38.3 Å². The lowest BCUT2D eigenvalue weighted by Crippen LogP contribution is -2.47. The Morgan fingerprint density at radius 1 is 1.61 bits per heavy atom. The van der Waals surface area contributed by atoms with Gasteiger partial charge in [-0.05, 0) is 22.0 Å². The molecule has 0 atom stereocenters. The molecule has 2 N–H and O–H groups in total. The Morgan fingerprint density at radius 3 is 2.83 bits per heavy atom. The molecule has 2 heterocycles. The van der Waals surface area contributed by atoms with Gasteiger partial charge in [-0.25, -0.2) is 0 Å². The molecule has 1 fully saturated rings. The fourth-order valence-corrected chi connectivity index (χ4v) is 2.46. The summed E-state index contributed by atoms with van der Waals surface area (Å²) < 4.78 is 6.06. The molecule has 1 saturated heterocycles. The summed E-state index contributed by atoms with van der Waals surface area (Å²) in [6.07, 6.45) is 2.85. The highest BCUT2D eigenvalue weighted by Gasteiger charge is 2.32. The topological polar surface area (TPSA) is 65.6 Å². The van der Waals surface area contributed by atoms with Crippen molar-refractivity contribution in [2.24, 2.45) is 0 Å². The molecule has 0 aromatic carbocycles. The summed E-state index contributed by atoms with van der Waals surface area (Å²) in [6, 6.07) is 1.73. The van der Waals surface area contributed by atoms with E-state index in [1.54, 1.807) is 24.2 Å². The zero-order valence-electron chi connectivity index (χ0n) is 10.3. The highest BCUT2D eigenvalue weighted by atomic mass is 79.9. The van der Waals surface area contributed by atoms with Crippen LogP contribution >= 0.6 is 15.9 Å². The van der Waals surface area contributed by atoms with E-state index >= 15 is 0 Å². The Balaban J connectivity index is 1.98. The van der Waals surface area contributed by atoms with Crippen molar-refractivity contribution in [1.82, 2.24) is 9.88 Å². The highest BCUT2D eigenvalue weighted by molar-refractivity contribution is 9.10. The minimum Gasteiger partial charge on any atom is -0.388 e. The van der Waals surface area contributed by atoms with Crippen molar-refractivity contribution in [2.75, 3.05) is 26.8 Å². The van der Waals surface area contributed by atoms with Gasteiger partial charge < -0.3 is 19.7 Å². The molecule has 18 heavy (non-hydrogen) atoms. The predicted octanol–water partition coefficient (Wildman–Crippen LogP) is 1.39. The number of halogens is 1. The second-order valence-corrected chi connectivity index (χ2v) is 5.65. The van der Waals surface area contributed by atoms with Crippen molar-refractivity contribution in [3.63, 3.8) is 0 Å². The summed E-state index contributed by atoms with van der Waals surface area (Å²) >= 11 is 3.29. The number of hydrogen-bond donors (Lipinski definition) is 2. The molecule has 1 aliphatic heterocycles. The second-order valence-electron chi connectivity index (χ2n) is 4.73. The Labute approximate surface area is 114 Å². The molecule has 0 aliphatic carbocycles. The smallest absolute Gasteiger partial charge is 0.270 e. The number of aromatic amines is 1. The number of H-pyrrole nitrogens is 1. The summed E-state index contributed by atoms with van der Waals surface area (Å²) in [5.74, 6) is -0.124. The quantitative estimate of drug-likeness (QED) is 0.885. The van der Waals surface area contributed by atoms with Crippen molar-refractivity contribution < 1.29 is 14.6 Å². The zero-order valence-corrected chi connectivity index (χ0v) is 11.9. The SMILES string of the molecule is CN(CC1(O)CCOCC1)C(=O)c1cc(Br)c[nH]1. The summed E-state index contributed by atoms with van der Waals surface area (Å²) in [5, 5.41) is 10.3. The number of carbonyl (C=O) groups excluding carboxylic acids is 1. The van der Waals surface area contributed by atoms with E-state index in [9.17, 15) is 9.90 Å². The molecule has 5 nitrogen and oxygen atoms in total. The summed E-state index contributed by atoms with van der Waals surface area (Å²) in [4.78, 5) is 16.5. The van der Waals surface area contributed by atoms with Gasteiger partial charge in [0.15, 0.2) is 0 Å². The van der Waals surface area contributed by atoms with Gasteiger partial charge in [-0.15, -0.1) is 0 Å². The van der Waals surface area contributed by atoms with Crippen molar-refractivity contribution in [3.05, 3.63) is 22.4 Å². The van der Waals surface area contributed by atoms with E-state index in [1.807, 2.05) is 0 Å². The lowest BCUT2D eigenvalue weighted by atomic mass is 9.94. The van der Waals surface area contributed by atoms with Crippen LogP contribution in [-0.4, -0.2) is 53.3 Å². The molecule has 1 aliphatic rings. The molecule has 0 radical (unpaired) electrons. The highest BCUT2D eigenvalue weighted by Crippen LogP contribution is 2.22. The van der Waals surface area contributed by atoms with Gasteiger partial charge in [0.25, 0.3) is 5.91 Å². The maximum Gasteiger partial charge on any atom is 0.270 e. The van der Waals surface area contributed by atoms with Crippen LogP contribution < -0.4 is 0 Å². The average molecular weight is 317 g/mol. The van der Waals surface area contributed by atoms with E-state index in [2.05, 4.69) is 20.9 Å². The minimum absolute atomic E-state index is 0.124. The van der Waals surface area contributed by atoms with E-state index in [4.69, 9.17) is 4.74 Å². The molecule has 1 aromatic rings. The largest absolute Gasteiger partial charge is 0.388 e. The van der Waals surface area contributed by atoms with Crippen LogP contribution in [0.15, 0.2) is 16.7 Å². The van der Waals surface area contributed by atoms with E-state index in [0.717, 1.165) is 4.47 Å². The molecule has 0 unspecified atom stereocenters. The van der Waals surface area contributed by atoms with E-state index in [1.165, 1.54) is 0 Å². The fourth-order valence-electron chi connectivity index (χ4n) is 2.12. The molecule has 2 rings (SSSR count). The van der Waals surface area contributed by atoms with Crippen LogP contribution in [0.3, 0.4) is 0 Å². The average Bonchev–Trinajstić information content (AvgIpc) is 2.75. The van der Waals surface area contributed by atoms with Crippen molar-refractivity contribution >= 4 is 21.8 Å². The summed E-state index contributed by atoms with van der Waals surface area (Å²) in [6.45, 7) is 1.42. The Morgan fingerprint density at radius 2 is 2.28 bits per heavy atom. The molecule has 0 spiro atoms. The summed E-state index contributed by atoms with van der Waals surface area (Å²) in [5.41, 5.74) is -0.313. The lowest BCUT2D eigenvalue weighted by Gasteiger charge is -2.35. The molecule has 100 valence electrons. The monoisotopic (exact) mass is 316 g/mol. The summed E-state index contributed by atoms with van der Waals surface area (Å²) in [7, 11) is 1.70. The standard InChI is InChI=1S/C12H17BrN2O3/c1-15(8-12(17)2-4-18-5-3-12)11(16)10-6-9(13)7-14-10/h6-7,14,17H,2-5,8H2,1H3. The molecular weight excluding hydrogens is 300 g/mol. The zero-order chi connectivity index (χ0) is 13.2. The third-order valence-corrected chi connectivity index (χ3v) is 3.64. The third kappa shape index (κ3) is 3.13. The first-order chi connectivity index (χ1) is 8.50. The molecule has 6 heteroatoms. The normalized spacial score (nSPS) is 18.6. The van der Waals surface area contributed by atoms with Crippen LogP contribution in [0.5, 0.6) is 0 Å². The maximum atomic E-state index is 12.1. The van der Waals surface area contributed by atoms with Gasteiger partial charge in [-0.2, -0.15) is 0 Å². The van der Waals surface area contributed by atoms with Gasteiger partial charge in [0.05, 0.1) is 5.60 Å². The van der Waals surface area contributed by atoms with E-state index < -0.39 is 5.60 Å². The minimum atomic E-state index is -0.827. The lowest BCUT2D eigenvalue weighted by molar-refractivity contribution is -0.0734. The van der Waals surface area contributed by atoms with Crippen LogP contribution in [0.4, 0.5) is 0 Å². The molecular formula is C12H17BrN2O3. The maximum absolute atomic E-state index is 12.1. The van der Waals surface area contributed by atoms with Crippen molar-refractivity contribution in [3.8, 4) is 0 Å². The van der Waals surface area contributed by atoms with Gasteiger partial charge in [0.2, 0.25) is 0 Å². The van der Waals surface area contributed by atoms with Crippen LogP contribution in [0.25, 0.3) is 0 Å². The first kappa shape index (κ1) is 13.6. The van der Waals surface area contributed by atoms with Gasteiger partial charge in [0.1, 0.15) is 5.69 Å². The first-order valence-electron chi connectivity index (χ1n) is 5.90. The number of nitrogens with zero attached hydrogens (tertiary/aromatic N) is 1. The second kappa shape index (κ2) is 5.42.